The molecule has 0 aliphatic rings. The molecule has 1 N–H and O–H groups in total. The molecule has 0 aliphatic heterocycles. The highest BCUT2D eigenvalue weighted by atomic mass is 32.2. The summed E-state index contributed by atoms with van der Waals surface area (Å²) < 4.78 is 67.5. The van der Waals surface area contributed by atoms with E-state index in [0.717, 1.165) is 30.0 Å². The molecule has 0 amide bonds. The van der Waals surface area contributed by atoms with Crippen molar-refractivity contribution in [2.75, 3.05) is 4.72 Å². The number of hydrogen-bond donors (Lipinski definition) is 1. The Morgan fingerprint density at radius 2 is 1.78 bits per heavy atom. The summed E-state index contributed by atoms with van der Waals surface area (Å²) in [4.78, 5) is 4.42. The Morgan fingerprint density at radius 3 is 2.30 bits per heavy atom. The van der Waals surface area contributed by atoms with Crippen LogP contribution >= 0.6 is 11.3 Å². The van der Waals surface area contributed by atoms with Crippen LogP contribution < -0.4 is 4.72 Å². The topological polar surface area (TPSA) is 64.0 Å². The first kappa shape index (κ1) is 19.4. The van der Waals surface area contributed by atoms with Crippen LogP contribution in [-0.2, 0) is 23.2 Å². The van der Waals surface area contributed by atoms with Crippen molar-refractivity contribution >= 4 is 27.0 Å². The number of sulfonamides is 1. The number of anilines is 1. The highest BCUT2D eigenvalue weighted by Gasteiger charge is 2.30. The van der Waals surface area contributed by atoms with E-state index >= 15 is 0 Å². The highest BCUT2D eigenvalue weighted by molar-refractivity contribution is 7.92. The molecule has 0 bridgehead atoms. The molecule has 0 aliphatic carbocycles. The smallest absolute Gasteiger partial charge is 0.345 e. The van der Waals surface area contributed by atoms with Gasteiger partial charge in [0, 0.05) is 29.5 Å². The minimum atomic E-state index is -4.48. The van der Waals surface area contributed by atoms with Crippen molar-refractivity contribution < 1.29 is 21.6 Å². The summed E-state index contributed by atoms with van der Waals surface area (Å²) >= 11 is 1.40. The van der Waals surface area contributed by atoms with Gasteiger partial charge in [0.1, 0.15) is 9.90 Å². The van der Waals surface area contributed by atoms with E-state index in [2.05, 4.69) is 9.71 Å². The Balaban J connectivity index is 1.93. The van der Waals surface area contributed by atoms with Crippen molar-refractivity contribution in [3.63, 3.8) is 0 Å². The maximum absolute atomic E-state index is 12.7. The molecule has 5 nitrogen and oxygen atoms in total. The molecule has 0 unspecified atom stereocenters. The highest BCUT2D eigenvalue weighted by Crippen LogP contribution is 2.32. The quantitative estimate of drug-likeness (QED) is 0.678. The molecule has 0 fully saturated rings. The van der Waals surface area contributed by atoms with Gasteiger partial charge in [0.05, 0.1) is 11.3 Å². The molecule has 0 atom stereocenters. The lowest BCUT2D eigenvalue weighted by Gasteiger charge is -2.10. The predicted molar refractivity (Wildman–Crippen MR) is 98.2 cm³/mol. The number of benzene rings is 1. The summed E-state index contributed by atoms with van der Waals surface area (Å²) in [5.41, 5.74) is 1.19. The molecule has 27 heavy (non-hydrogen) atoms. The van der Waals surface area contributed by atoms with Gasteiger partial charge in [-0.15, -0.1) is 11.3 Å². The van der Waals surface area contributed by atoms with Crippen molar-refractivity contribution in [3.8, 4) is 10.7 Å². The van der Waals surface area contributed by atoms with Crippen molar-refractivity contribution in [2.45, 2.75) is 24.9 Å². The van der Waals surface area contributed by atoms with Crippen LogP contribution in [0, 0.1) is 13.8 Å². The molecule has 0 spiro atoms. The van der Waals surface area contributed by atoms with E-state index in [-0.39, 0.29) is 10.6 Å². The Bertz CT molecular complexity index is 1080. The van der Waals surface area contributed by atoms with Gasteiger partial charge in [-0.2, -0.15) is 13.2 Å². The summed E-state index contributed by atoms with van der Waals surface area (Å²) in [5.74, 6) is 0. The van der Waals surface area contributed by atoms with Crippen molar-refractivity contribution in [1.29, 1.82) is 0 Å². The SMILES string of the molecule is Cc1csc(-c2cc(S(=O)(=O)Nc3ccc(C(F)(F)F)cc3)c(C)n2C)n1. The number of halogens is 3. The van der Waals surface area contributed by atoms with Crippen LogP contribution in [0.2, 0.25) is 0 Å². The number of rotatable bonds is 4. The fourth-order valence-electron chi connectivity index (χ4n) is 2.56. The molecule has 3 rings (SSSR count). The molecule has 144 valence electrons. The van der Waals surface area contributed by atoms with E-state index in [0.29, 0.717) is 16.4 Å². The van der Waals surface area contributed by atoms with Gasteiger partial charge < -0.3 is 4.57 Å². The van der Waals surface area contributed by atoms with Crippen LogP contribution in [0.1, 0.15) is 17.0 Å². The molecule has 1 aromatic carbocycles. The molecule has 10 heteroatoms. The molecule has 2 aromatic heterocycles. The monoisotopic (exact) mass is 415 g/mol. The maximum atomic E-state index is 12.7. The third-order valence-electron chi connectivity index (χ3n) is 4.08. The van der Waals surface area contributed by atoms with Gasteiger partial charge in [-0.25, -0.2) is 13.4 Å². The average molecular weight is 415 g/mol. The van der Waals surface area contributed by atoms with E-state index in [9.17, 15) is 21.6 Å². The molecule has 3 aromatic rings. The number of nitrogens with one attached hydrogen (secondary N) is 1. The molecule has 0 saturated carbocycles. The summed E-state index contributed by atoms with van der Waals surface area (Å²) in [7, 11) is -2.24. The zero-order valence-corrected chi connectivity index (χ0v) is 16.3. The molecule has 2 heterocycles. The number of aromatic nitrogens is 2. The number of hydrogen-bond acceptors (Lipinski definition) is 4. The van der Waals surface area contributed by atoms with Gasteiger partial charge in [0.25, 0.3) is 10.0 Å². The summed E-state index contributed by atoms with van der Waals surface area (Å²) in [5, 5.41) is 2.56. The Hall–Kier alpha value is -2.33. The van der Waals surface area contributed by atoms with Crippen molar-refractivity contribution in [2.24, 2.45) is 7.05 Å². The van der Waals surface area contributed by atoms with E-state index in [1.807, 2.05) is 12.3 Å². The first-order chi connectivity index (χ1) is 12.5. The van der Waals surface area contributed by atoms with Gasteiger partial charge in [0.15, 0.2) is 0 Å². The van der Waals surface area contributed by atoms with E-state index in [1.165, 1.54) is 17.4 Å². The zero-order chi connectivity index (χ0) is 20.0. The standard InChI is InChI=1S/C17H16F3N3O2S2/c1-10-9-26-16(21-10)14-8-15(11(2)23(14)3)27(24,25)22-13-6-4-12(5-7-13)17(18,19)20/h4-9,22H,1-3H3. The lowest BCUT2D eigenvalue weighted by Crippen LogP contribution is -2.14. The number of aryl methyl sites for hydroxylation is 1. The minimum Gasteiger partial charge on any atom is -0.345 e. The van der Waals surface area contributed by atoms with Crippen LogP contribution in [0.25, 0.3) is 10.7 Å². The van der Waals surface area contributed by atoms with Crippen LogP contribution in [0.4, 0.5) is 18.9 Å². The Morgan fingerprint density at radius 1 is 1.15 bits per heavy atom. The second-order valence-electron chi connectivity index (χ2n) is 6.01. The van der Waals surface area contributed by atoms with Crippen molar-refractivity contribution in [1.82, 2.24) is 9.55 Å². The molecular weight excluding hydrogens is 399 g/mol. The maximum Gasteiger partial charge on any atom is 0.416 e. The van der Waals surface area contributed by atoms with Crippen LogP contribution in [0.3, 0.4) is 0 Å². The lowest BCUT2D eigenvalue weighted by molar-refractivity contribution is -0.137. The second-order valence-corrected chi connectivity index (χ2v) is 8.52. The van der Waals surface area contributed by atoms with E-state index in [1.54, 1.807) is 18.5 Å². The third-order valence-corrected chi connectivity index (χ3v) is 6.56. The number of nitrogens with zero attached hydrogens (tertiary/aromatic N) is 2. The first-order valence-corrected chi connectivity index (χ1v) is 10.1. The zero-order valence-electron chi connectivity index (χ0n) is 14.6. The third kappa shape index (κ3) is 3.86. The lowest BCUT2D eigenvalue weighted by atomic mass is 10.2. The van der Waals surface area contributed by atoms with Gasteiger partial charge in [-0.05, 0) is 44.2 Å². The largest absolute Gasteiger partial charge is 0.416 e. The van der Waals surface area contributed by atoms with Gasteiger partial charge >= 0.3 is 6.18 Å². The predicted octanol–water partition coefficient (Wildman–Crippen LogP) is 4.59. The molecule has 0 radical (unpaired) electrons. The van der Waals surface area contributed by atoms with Crippen LogP contribution in [0.15, 0.2) is 40.6 Å². The normalized spacial score (nSPS) is 12.4. The van der Waals surface area contributed by atoms with Crippen LogP contribution in [-0.4, -0.2) is 18.0 Å². The first-order valence-electron chi connectivity index (χ1n) is 7.78. The Kier molecular flexibility index (Phi) is 4.81. The second kappa shape index (κ2) is 6.68. The fraction of sp³-hybridized carbons (Fsp3) is 0.235. The summed E-state index contributed by atoms with van der Waals surface area (Å²) in [6.07, 6.45) is -4.48. The van der Waals surface area contributed by atoms with Crippen molar-refractivity contribution in [3.05, 3.63) is 52.7 Å². The molecule has 0 saturated heterocycles. The van der Waals surface area contributed by atoms with Gasteiger partial charge in [-0.3, -0.25) is 4.72 Å². The van der Waals surface area contributed by atoms with Gasteiger partial charge in [-0.1, -0.05) is 0 Å². The van der Waals surface area contributed by atoms with Crippen LogP contribution in [0.5, 0.6) is 0 Å². The number of thiazole rings is 1. The Labute approximate surface area is 158 Å². The number of alkyl halides is 3. The van der Waals surface area contributed by atoms with E-state index < -0.39 is 21.8 Å². The summed E-state index contributed by atoms with van der Waals surface area (Å²) in [6, 6.07) is 5.35. The minimum absolute atomic E-state index is 0.0488. The van der Waals surface area contributed by atoms with Gasteiger partial charge in [0.2, 0.25) is 0 Å². The fourth-order valence-corrected chi connectivity index (χ4v) is 4.75. The average Bonchev–Trinajstić information content (AvgIpc) is 3.11. The molecular formula is C17H16F3N3O2S2. The van der Waals surface area contributed by atoms with E-state index in [4.69, 9.17) is 0 Å². The summed E-state index contributed by atoms with van der Waals surface area (Å²) in [6.45, 7) is 3.50.